The molecule has 0 aromatic heterocycles. The highest BCUT2D eigenvalue weighted by Gasteiger charge is 2.22. The lowest BCUT2D eigenvalue weighted by Crippen LogP contribution is -2.42. The van der Waals surface area contributed by atoms with E-state index in [1.54, 1.807) is 4.90 Å². The smallest absolute Gasteiger partial charge is 0.410 e. The number of carbonyl (C=O) groups is 1. The largest absolute Gasteiger partial charge is 0.415 e. The molecule has 0 atom stereocenters. The highest BCUT2D eigenvalue weighted by Crippen LogP contribution is 2.16. The van der Waals surface area contributed by atoms with Crippen LogP contribution in [0.4, 0.5) is 4.79 Å². The molecule has 1 rings (SSSR count). The molecule has 18 heavy (non-hydrogen) atoms. The van der Waals surface area contributed by atoms with E-state index >= 15 is 0 Å². The van der Waals surface area contributed by atoms with Gasteiger partial charge in [-0.05, 0) is 27.7 Å². The van der Waals surface area contributed by atoms with Crippen LogP contribution in [0.1, 0.15) is 33.3 Å². The fourth-order valence-electron chi connectivity index (χ4n) is 1.86. The van der Waals surface area contributed by atoms with Gasteiger partial charge in [0, 0.05) is 17.6 Å². The number of hydrogen-bond donors (Lipinski definition) is 0. The summed E-state index contributed by atoms with van der Waals surface area (Å²) in [6.07, 6.45) is -0.353. The Morgan fingerprint density at radius 3 is 2.06 bits per heavy atom. The van der Waals surface area contributed by atoms with Crippen molar-refractivity contribution in [2.45, 2.75) is 39.8 Å². The van der Waals surface area contributed by atoms with E-state index < -0.39 is 0 Å². The lowest BCUT2D eigenvalue weighted by atomic mass is 10.2. The maximum atomic E-state index is 12.1. The maximum Gasteiger partial charge on any atom is 0.415 e. The third kappa shape index (κ3) is 3.62. The van der Waals surface area contributed by atoms with Crippen molar-refractivity contribution in [1.82, 2.24) is 4.90 Å². The van der Waals surface area contributed by atoms with E-state index in [-0.39, 0.29) is 18.2 Å². The molecule has 0 unspecified atom stereocenters. The number of carbonyl (C=O) groups excluding carboxylic acids is 1. The Hall–Kier alpha value is -1.77. The Bertz CT molecular complexity index is 402. The van der Waals surface area contributed by atoms with Gasteiger partial charge >= 0.3 is 6.09 Å². The van der Waals surface area contributed by atoms with Crippen LogP contribution in [0.3, 0.4) is 0 Å². The van der Waals surface area contributed by atoms with Gasteiger partial charge in [-0.1, -0.05) is 36.9 Å². The van der Waals surface area contributed by atoms with Crippen molar-refractivity contribution in [2.24, 2.45) is 0 Å². The van der Waals surface area contributed by atoms with E-state index in [0.717, 1.165) is 5.56 Å². The van der Waals surface area contributed by atoms with Gasteiger partial charge in [0.25, 0.3) is 0 Å². The van der Waals surface area contributed by atoms with Crippen molar-refractivity contribution in [3.63, 3.8) is 0 Å². The molecule has 1 aromatic rings. The predicted molar refractivity (Wildman–Crippen MR) is 74.1 cm³/mol. The second-order valence-corrected chi connectivity index (χ2v) is 4.75. The van der Waals surface area contributed by atoms with E-state index in [1.165, 1.54) is 0 Å². The molecule has 0 heterocycles. The highest BCUT2D eigenvalue weighted by atomic mass is 16.6. The number of ether oxygens (including phenoxy) is 1. The zero-order valence-electron chi connectivity index (χ0n) is 11.5. The van der Waals surface area contributed by atoms with E-state index in [0.29, 0.717) is 5.76 Å². The first kappa shape index (κ1) is 14.3. The fraction of sp³-hybridized carbons (Fsp3) is 0.400. The summed E-state index contributed by atoms with van der Waals surface area (Å²) in [5.74, 6) is 0.381. The van der Waals surface area contributed by atoms with Crippen molar-refractivity contribution >= 4 is 11.9 Å². The van der Waals surface area contributed by atoms with Crippen molar-refractivity contribution in [3.8, 4) is 0 Å². The highest BCUT2D eigenvalue weighted by molar-refractivity contribution is 5.76. The zero-order valence-corrected chi connectivity index (χ0v) is 11.5. The lowest BCUT2D eigenvalue weighted by molar-refractivity contribution is 0.115. The molecule has 0 fully saturated rings. The molecule has 0 bridgehead atoms. The maximum absolute atomic E-state index is 12.1. The number of amides is 1. The van der Waals surface area contributed by atoms with Gasteiger partial charge in [0.15, 0.2) is 0 Å². The Morgan fingerprint density at radius 1 is 1.11 bits per heavy atom. The van der Waals surface area contributed by atoms with Gasteiger partial charge < -0.3 is 9.64 Å². The molecule has 1 aromatic carbocycles. The number of rotatable bonds is 4. The summed E-state index contributed by atoms with van der Waals surface area (Å²) in [7, 11) is 0. The summed E-state index contributed by atoms with van der Waals surface area (Å²) in [6, 6.07) is 9.61. The minimum absolute atomic E-state index is 0.0982. The van der Waals surface area contributed by atoms with Crippen molar-refractivity contribution in [3.05, 3.63) is 42.5 Å². The number of benzene rings is 1. The number of nitrogens with zero attached hydrogens (tertiary/aromatic N) is 1. The van der Waals surface area contributed by atoms with Crippen LogP contribution in [0.15, 0.2) is 36.9 Å². The lowest BCUT2D eigenvalue weighted by Gasteiger charge is -2.29. The summed E-state index contributed by atoms with van der Waals surface area (Å²) in [5, 5.41) is 0. The second kappa shape index (κ2) is 6.24. The van der Waals surface area contributed by atoms with Gasteiger partial charge in [-0.3, -0.25) is 0 Å². The van der Waals surface area contributed by atoms with E-state index in [2.05, 4.69) is 6.58 Å². The van der Waals surface area contributed by atoms with Crippen LogP contribution in [0.25, 0.3) is 5.76 Å². The minimum atomic E-state index is -0.353. The first-order chi connectivity index (χ1) is 8.43. The van der Waals surface area contributed by atoms with Crippen molar-refractivity contribution in [2.75, 3.05) is 0 Å². The molecule has 0 aliphatic heterocycles. The van der Waals surface area contributed by atoms with Gasteiger partial charge in [-0.25, -0.2) is 4.79 Å². The van der Waals surface area contributed by atoms with Gasteiger partial charge in [0.2, 0.25) is 0 Å². The second-order valence-electron chi connectivity index (χ2n) is 4.75. The summed E-state index contributed by atoms with van der Waals surface area (Å²) in [5.41, 5.74) is 0.818. The number of hydrogen-bond acceptors (Lipinski definition) is 2. The molecule has 0 N–H and O–H groups in total. The molecule has 0 saturated carbocycles. The first-order valence-electron chi connectivity index (χ1n) is 6.18. The summed E-state index contributed by atoms with van der Waals surface area (Å²) >= 11 is 0. The Balaban J connectivity index is 2.73. The van der Waals surface area contributed by atoms with Gasteiger partial charge in [0.05, 0.1) is 0 Å². The monoisotopic (exact) mass is 247 g/mol. The van der Waals surface area contributed by atoms with Crippen molar-refractivity contribution < 1.29 is 9.53 Å². The van der Waals surface area contributed by atoms with E-state index in [9.17, 15) is 4.79 Å². The Labute approximate surface area is 109 Å². The first-order valence-corrected chi connectivity index (χ1v) is 6.18. The predicted octanol–water partition coefficient (Wildman–Crippen LogP) is 3.91. The van der Waals surface area contributed by atoms with Crippen LogP contribution in [-0.2, 0) is 4.74 Å². The van der Waals surface area contributed by atoms with Crippen molar-refractivity contribution in [1.29, 1.82) is 0 Å². The van der Waals surface area contributed by atoms with E-state index in [1.807, 2.05) is 58.0 Å². The molecule has 0 aliphatic rings. The SMILES string of the molecule is C=C(OC(=O)N(C(C)C)C(C)C)c1ccccc1. The van der Waals surface area contributed by atoms with E-state index in [4.69, 9.17) is 4.74 Å². The molecule has 1 amide bonds. The molecule has 0 spiro atoms. The quantitative estimate of drug-likeness (QED) is 0.755. The third-order valence-corrected chi connectivity index (χ3v) is 2.63. The summed E-state index contributed by atoms with van der Waals surface area (Å²) < 4.78 is 5.31. The van der Waals surface area contributed by atoms with Gasteiger partial charge in [-0.15, -0.1) is 0 Å². The molecular weight excluding hydrogens is 226 g/mol. The molecule has 3 nitrogen and oxygen atoms in total. The minimum Gasteiger partial charge on any atom is -0.410 e. The van der Waals surface area contributed by atoms with Crippen LogP contribution in [-0.4, -0.2) is 23.1 Å². The van der Waals surface area contributed by atoms with Crippen LogP contribution in [0.5, 0.6) is 0 Å². The Kier molecular flexibility index (Phi) is 4.95. The topological polar surface area (TPSA) is 29.5 Å². The summed E-state index contributed by atoms with van der Waals surface area (Å²) in [6.45, 7) is 11.7. The zero-order chi connectivity index (χ0) is 13.7. The molecule has 0 saturated heterocycles. The van der Waals surface area contributed by atoms with Crippen LogP contribution in [0, 0.1) is 0 Å². The van der Waals surface area contributed by atoms with Crippen LogP contribution >= 0.6 is 0 Å². The Morgan fingerprint density at radius 2 is 1.61 bits per heavy atom. The molecule has 3 heteroatoms. The normalized spacial score (nSPS) is 10.6. The molecular formula is C15H21NO2. The fourth-order valence-corrected chi connectivity index (χ4v) is 1.86. The van der Waals surface area contributed by atoms with Crippen LogP contribution < -0.4 is 0 Å². The molecule has 0 aliphatic carbocycles. The van der Waals surface area contributed by atoms with Gasteiger partial charge in [-0.2, -0.15) is 0 Å². The summed E-state index contributed by atoms with van der Waals surface area (Å²) in [4.78, 5) is 13.7. The third-order valence-electron chi connectivity index (χ3n) is 2.63. The molecule has 98 valence electrons. The average Bonchev–Trinajstić information content (AvgIpc) is 2.28. The van der Waals surface area contributed by atoms with Crippen LogP contribution in [0.2, 0.25) is 0 Å². The standard InChI is InChI=1S/C15H21NO2/c1-11(2)16(12(3)4)15(17)18-13(5)14-9-7-6-8-10-14/h6-12H,5H2,1-4H3. The van der Waals surface area contributed by atoms with Gasteiger partial charge in [0.1, 0.15) is 5.76 Å². The molecule has 0 radical (unpaired) electrons. The average molecular weight is 247 g/mol.